The molecule has 2 heterocycles. The molecule has 1 aliphatic heterocycles. The minimum absolute atomic E-state index is 0.148. The highest BCUT2D eigenvalue weighted by Crippen LogP contribution is 2.46. The molecule has 2 heteroatoms. The molecule has 0 spiro atoms. The lowest BCUT2D eigenvalue weighted by molar-refractivity contribution is 0.566. The largest absolute Gasteiger partial charge is 0.285 e. The van der Waals surface area contributed by atoms with Gasteiger partial charge in [-0.2, -0.15) is 0 Å². The number of nitrogens with zero attached hydrogens (tertiary/aromatic N) is 2. The van der Waals surface area contributed by atoms with Crippen molar-refractivity contribution in [2.45, 2.75) is 25.8 Å². The maximum absolute atomic E-state index is 4.81. The molecule has 9 rings (SSSR count). The van der Waals surface area contributed by atoms with Crippen LogP contribution in [0, 0.1) is 11.8 Å². The Morgan fingerprint density at radius 3 is 2.06 bits per heavy atom. The molecule has 0 bridgehead atoms. The van der Waals surface area contributed by atoms with Crippen LogP contribution in [0.5, 0.6) is 0 Å². The van der Waals surface area contributed by atoms with Crippen LogP contribution in [0.25, 0.3) is 60.1 Å². The van der Waals surface area contributed by atoms with E-state index in [-0.39, 0.29) is 12.0 Å². The lowest BCUT2D eigenvalue weighted by Crippen LogP contribution is -2.10. The molecule has 0 fully saturated rings. The number of fused-ring (bicyclic) bond motifs is 3. The molecule has 4 atom stereocenters. The van der Waals surface area contributed by atoms with Gasteiger partial charge in [0.05, 0.1) is 6.04 Å². The van der Waals surface area contributed by atoms with Crippen molar-refractivity contribution in [2.24, 2.45) is 16.8 Å². The third kappa shape index (κ3) is 5.20. The van der Waals surface area contributed by atoms with Crippen LogP contribution in [0.15, 0.2) is 169 Å². The van der Waals surface area contributed by atoms with Crippen LogP contribution in [-0.2, 0) is 0 Å². The smallest absolute Gasteiger partial charge is 0.0808 e. The van der Waals surface area contributed by atoms with Crippen LogP contribution in [0.1, 0.15) is 42.6 Å². The molecule has 4 unspecified atom stereocenters. The van der Waals surface area contributed by atoms with E-state index in [9.17, 15) is 0 Å². The lowest BCUT2D eigenvalue weighted by Gasteiger charge is -2.25. The first-order valence-electron chi connectivity index (χ1n) is 17.7. The molecule has 1 aliphatic carbocycles. The number of aliphatic imine (C=N–C) groups is 1. The first-order valence-corrected chi connectivity index (χ1v) is 17.7. The van der Waals surface area contributed by atoms with E-state index in [4.69, 9.17) is 9.98 Å². The first-order chi connectivity index (χ1) is 24.6. The molecule has 240 valence electrons. The van der Waals surface area contributed by atoms with Crippen LogP contribution < -0.4 is 0 Å². The molecule has 7 aromatic rings. The van der Waals surface area contributed by atoms with Crippen molar-refractivity contribution in [1.82, 2.24) is 4.98 Å². The molecule has 0 saturated carbocycles. The van der Waals surface area contributed by atoms with Crippen molar-refractivity contribution in [3.05, 3.63) is 181 Å². The maximum Gasteiger partial charge on any atom is 0.0808 e. The average Bonchev–Trinajstić information content (AvgIpc) is 3.17. The van der Waals surface area contributed by atoms with Gasteiger partial charge >= 0.3 is 0 Å². The van der Waals surface area contributed by atoms with Gasteiger partial charge in [-0.3, -0.25) is 9.98 Å². The maximum atomic E-state index is 4.81. The summed E-state index contributed by atoms with van der Waals surface area (Å²) in [5, 5.41) is 7.58. The van der Waals surface area contributed by atoms with Crippen LogP contribution >= 0.6 is 0 Å². The highest BCUT2D eigenvalue weighted by atomic mass is 14.8. The summed E-state index contributed by atoms with van der Waals surface area (Å²) in [4.78, 5) is 9.52. The second-order valence-electron chi connectivity index (χ2n) is 13.8. The van der Waals surface area contributed by atoms with E-state index in [0.29, 0.717) is 11.8 Å². The van der Waals surface area contributed by atoms with Crippen molar-refractivity contribution >= 4 is 44.1 Å². The average molecular weight is 643 g/mol. The highest BCUT2D eigenvalue weighted by molar-refractivity contribution is 6.20. The molecular formula is C48H38N2. The number of aromatic nitrogens is 1. The SMILES string of the molecule is CC1C=C(c2c3ccccc3c(-c3ccc(C4N=CC=CC4C)cc3)c3ccc(-c4cccc5ccccc45)cc23)C=CC1c1ccccn1. The topological polar surface area (TPSA) is 25.2 Å². The Labute approximate surface area is 293 Å². The Bertz CT molecular complexity index is 2510. The Kier molecular flexibility index (Phi) is 7.58. The van der Waals surface area contributed by atoms with Gasteiger partial charge in [0.15, 0.2) is 0 Å². The lowest BCUT2D eigenvalue weighted by atomic mass is 9.79. The minimum atomic E-state index is 0.148. The van der Waals surface area contributed by atoms with Crippen LogP contribution in [0.2, 0.25) is 0 Å². The van der Waals surface area contributed by atoms with Crippen LogP contribution in [0.3, 0.4) is 0 Å². The number of hydrogen-bond acceptors (Lipinski definition) is 2. The summed E-state index contributed by atoms with van der Waals surface area (Å²) < 4.78 is 0. The van der Waals surface area contributed by atoms with Crippen LogP contribution in [0.4, 0.5) is 0 Å². The molecule has 0 radical (unpaired) electrons. The summed E-state index contributed by atoms with van der Waals surface area (Å²) in [6, 6.07) is 46.9. The van der Waals surface area contributed by atoms with Gasteiger partial charge in [0, 0.05) is 29.9 Å². The zero-order valence-corrected chi connectivity index (χ0v) is 28.4. The Balaban J connectivity index is 1.28. The van der Waals surface area contributed by atoms with E-state index in [2.05, 4.69) is 166 Å². The monoisotopic (exact) mass is 642 g/mol. The van der Waals surface area contributed by atoms with Crippen molar-refractivity contribution < 1.29 is 0 Å². The zero-order chi connectivity index (χ0) is 33.6. The molecule has 1 aromatic heterocycles. The van der Waals surface area contributed by atoms with Crippen LogP contribution in [-0.4, -0.2) is 11.2 Å². The van der Waals surface area contributed by atoms with E-state index in [0.717, 1.165) is 5.69 Å². The summed E-state index contributed by atoms with van der Waals surface area (Å²) in [5.74, 6) is 0.913. The van der Waals surface area contributed by atoms with Gasteiger partial charge in [-0.05, 0) is 101 Å². The van der Waals surface area contributed by atoms with E-state index < -0.39 is 0 Å². The number of allylic oxidation sites excluding steroid dienone is 5. The molecule has 0 saturated heterocycles. The molecule has 0 N–H and O–H groups in total. The van der Waals surface area contributed by atoms with E-state index in [1.54, 1.807) is 0 Å². The number of benzene rings is 6. The fourth-order valence-electron chi connectivity index (χ4n) is 8.22. The third-order valence-electron chi connectivity index (χ3n) is 10.7. The van der Waals surface area contributed by atoms with Gasteiger partial charge in [-0.25, -0.2) is 0 Å². The zero-order valence-electron chi connectivity index (χ0n) is 28.4. The summed E-state index contributed by atoms with van der Waals surface area (Å²) >= 11 is 0. The van der Waals surface area contributed by atoms with Gasteiger partial charge in [-0.15, -0.1) is 0 Å². The molecule has 2 nitrogen and oxygen atoms in total. The van der Waals surface area contributed by atoms with E-state index in [1.165, 1.54) is 71.3 Å². The van der Waals surface area contributed by atoms with Gasteiger partial charge in [0.1, 0.15) is 0 Å². The minimum Gasteiger partial charge on any atom is -0.285 e. The molecule has 50 heavy (non-hydrogen) atoms. The molecule has 0 amide bonds. The third-order valence-corrected chi connectivity index (χ3v) is 10.7. The predicted octanol–water partition coefficient (Wildman–Crippen LogP) is 12.6. The molecule has 2 aliphatic rings. The first kappa shape index (κ1) is 30.2. The Morgan fingerprint density at radius 1 is 0.560 bits per heavy atom. The quantitative estimate of drug-likeness (QED) is 0.172. The normalized spacial score (nSPS) is 20.1. The number of pyridine rings is 1. The molecular weight excluding hydrogens is 605 g/mol. The van der Waals surface area contributed by atoms with Crippen molar-refractivity contribution in [2.75, 3.05) is 0 Å². The summed E-state index contributed by atoms with van der Waals surface area (Å²) in [5.41, 5.74) is 9.89. The fourth-order valence-corrected chi connectivity index (χ4v) is 8.22. The highest BCUT2D eigenvalue weighted by Gasteiger charge is 2.24. The summed E-state index contributed by atoms with van der Waals surface area (Å²) in [7, 11) is 0. The predicted molar refractivity (Wildman–Crippen MR) is 213 cm³/mol. The number of rotatable bonds is 5. The number of hydrogen-bond donors (Lipinski definition) is 0. The van der Waals surface area contributed by atoms with Gasteiger partial charge in [-0.1, -0.05) is 147 Å². The fraction of sp³-hybridized carbons (Fsp3) is 0.125. The van der Waals surface area contributed by atoms with Gasteiger partial charge < -0.3 is 0 Å². The standard InChI is InChI=1S/C48H38N2/c1-31-11-10-28-50-48(31)35-21-19-34(20-22-35)46-41-15-5-6-16-42(41)47(37-24-25-38(32(2)29-37)45-18-7-8-27-49-45)44-30-36(23-26-43(44)46)40-17-9-13-33-12-3-4-14-39(33)40/h3-32,38,48H,1-2H3. The van der Waals surface area contributed by atoms with Crippen molar-refractivity contribution in [3.8, 4) is 22.3 Å². The van der Waals surface area contributed by atoms with Crippen molar-refractivity contribution in [3.63, 3.8) is 0 Å². The van der Waals surface area contributed by atoms with Gasteiger partial charge in [0.2, 0.25) is 0 Å². The second-order valence-corrected chi connectivity index (χ2v) is 13.8. The summed E-state index contributed by atoms with van der Waals surface area (Å²) in [6.07, 6.45) is 15.3. The van der Waals surface area contributed by atoms with Gasteiger partial charge in [0.25, 0.3) is 0 Å². The molecule has 6 aromatic carbocycles. The Hall–Kier alpha value is -5.86. The number of dihydropyridines is 1. The van der Waals surface area contributed by atoms with Crippen molar-refractivity contribution in [1.29, 1.82) is 0 Å². The second kappa shape index (κ2) is 12.5. The Morgan fingerprint density at radius 2 is 1.28 bits per heavy atom. The van der Waals surface area contributed by atoms with E-state index in [1.807, 2.05) is 18.5 Å². The van der Waals surface area contributed by atoms with E-state index >= 15 is 0 Å². The summed E-state index contributed by atoms with van der Waals surface area (Å²) in [6.45, 7) is 4.56.